The van der Waals surface area contributed by atoms with Crippen LogP contribution in [0.2, 0.25) is 0 Å². The number of guanidine groups is 1. The average molecular weight is 223 g/mol. The maximum absolute atomic E-state index is 4.27. The second kappa shape index (κ2) is 5.55. The van der Waals surface area contributed by atoms with Crippen LogP contribution in [0.15, 0.2) is 4.99 Å². The van der Waals surface area contributed by atoms with Crippen LogP contribution < -0.4 is 10.6 Å². The normalized spacial score (nSPS) is 31.2. The summed E-state index contributed by atoms with van der Waals surface area (Å²) in [6.45, 7) is 3.47. The van der Waals surface area contributed by atoms with Crippen LogP contribution in [0, 0.1) is 11.8 Å². The van der Waals surface area contributed by atoms with Gasteiger partial charge in [0.2, 0.25) is 0 Å². The molecule has 2 saturated carbocycles. The molecular weight excluding hydrogens is 198 g/mol. The molecule has 2 rings (SSSR count). The molecule has 3 heteroatoms. The number of rotatable bonds is 3. The first kappa shape index (κ1) is 11.7. The van der Waals surface area contributed by atoms with E-state index < -0.39 is 0 Å². The summed E-state index contributed by atoms with van der Waals surface area (Å²) in [6, 6.07) is 0.691. The van der Waals surface area contributed by atoms with Gasteiger partial charge in [-0.1, -0.05) is 19.8 Å². The van der Waals surface area contributed by atoms with Gasteiger partial charge in [0, 0.05) is 19.6 Å². The van der Waals surface area contributed by atoms with Gasteiger partial charge in [-0.3, -0.25) is 4.99 Å². The zero-order valence-corrected chi connectivity index (χ0v) is 10.6. The van der Waals surface area contributed by atoms with Crippen LogP contribution >= 0.6 is 0 Å². The Balaban J connectivity index is 1.68. The average Bonchev–Trinajstić information content (AvgIpc) is 3.08. The molecule has 0 saturated heterocycles. The third kappa shape index (κ3) is 3.69. The number of aliphatic imine (C=N–C) groups is 1. The Kier molecular flexibility index (Phi) is 4.08. The summed E-state index contributed by atoms with van der Waals surface area (Å²) >= 11 is 0. The van der Waals surface area contributed by atoms with E-state index in [1.54, 1.807) is 0 Å². The summed E-state index contributed by atoms with van der Waals surface area (Å²) < 4.78 is 0. The Morgan fingerprint density at radius 2 is 2.06 bits per heavy atom. The third-order valence-corrected chi connectivity index (χ3v) is 3.74. The Bertz CT molecular complexity index is 246. The predicted octanol–water partition coefficient (Wildman–Crippen LogP) is 2.14. The quantitative estimate of drug-likeness (QED) is 0.568. The lowest BCUT2D eigenvalue weighted by atomic mass is 9.82. The molecule has 0 spiro atoms. The molecule has 2 unspecified atom stereocenters. The highest BCUT2D eigenvalue weighted by Crippen LogP contribution is 2.27. The van der Waals surface area contributed by atoms with Crippen LogP contribution in [0.3, 0.4) is 0 Å². The molecule has 0 heterocycles. The lowest BCUT2D eigenvalue weighted by molar-refractivity contribution is 0.282. The van der Waals surface area contributed by atoms with Crippen LogP contribution in [0.5, 0.6) is 0 Å². The SMILES string of the molecule is CN=C(NCC1CCCC(C)C1)NC1CC1. The molecule has 0 aromatic heterocycles. The highest BCUT2D eigenvalue weighted by Gasteiger charge is 2.23. The van der Waals surface area contributed by atoms with E-state index in [1.807, 2.05) is 7.05 Å². The molecule has 0 amide bonds. The second-order valence-corrected chi connectivity index (χ2v) is 5.51. The van der Waals surface area contributed by atoms with Gasteiger partial charge < -0.3 is 10.6 Å². The standard InChI is InChI=1S/C13H25N3/c1-10-4-3-5-11(8-10)9-15-13(14-2)16-12-6-7-12/h10-12H,3-9H2,1-2H3,(H2,14,15,16). The van der Waals surface area contributed by atoms with Crippen molar-refractivity contribution >= 4 is 5.96 Å². The molecule has 2 aliphatic carbocycles. The Hall–Kier alpha value is -0.730. The molecule has 0 radical (unpaired) electrons. The first-order valence-corrected chi connectivity index (χ1v) is 6.75. The van der Waals surface area contributed by atoms with Crippen molar-refractivity contribution in [3.8, 4) is 0 Å². The summed E-state index contributed by atoms with van der Waals surface area (Å²) in [5, 5.41) is 6.90. The molecule has 2 atom stereocenters. The summed E-state index contributed by atoms with van der Waals surface area (Å²) in [5.74, 6) is 2.76. The minimum Gasteiger partial charge on any atom is -0.356 e. The van der Waals surface area contributed by atoms with Gasteiger partial charge in [-0.2, -0.15) is 0 Å². The lowest BCUT2D eigenvalue weighted by Gasteiger charge is -2.27. The van der Waals surface area contributed by atoms with E-state index in [-0.39, 0.29) is 0 Å². The van der Waals surface area contributed by atoms with Gasteiger partial charge in [-0.25, -0.2) is 0 Å². The van der Waals surface area contributed by atoms with Gasteiger partial charge >= 0.3 is 0 Å². The zero-order valence-electron chi connectivity index (χ0n) is 10.6. The van der Waals surface area contributed by atoms with E-state index in [1.165, 1.54) is 38.5 Å². The van der Waals surface area contributed by atoms with Gasteiger partial charge in [-0.05, 0) is 37.5 Å². The smallest absolute Gasteiger partial charge is 0.191 e. The predicted molar refractivity (Wildman–Crippen MR) is 68.6 cm³/mol. The number of nitrogens with one attached hydrogen (secondary N) is 2. The van der Waals surface area contributed by atoms with Gasteiger partial charge in [-0.15, -0.1) is 0 Å². The van der Waals surface area contributed by atoms with Crippen LogP contribution in [-0.4, -0.2) is 25.6 Å². The molecule has 0 aromatic rings. The molecule has 2 N–H and O–H groups in total. The van der Waals surface area contributed by atoms with E-state index in [0.717, 1.165) is 24.3 Å². The number of hydrogen-bond donors (Lipinski definition) is 2. The summed E-state index contributed by atoms with van der Waals surface area (Å²) in [4.78, 5) is 4.27. The minimum atomic E-state index is 0.691. The van der Waals surface area contributed by atoms with Gasteiger partial charge in [0.15, 0.2) is 5.96 Å². The molecular formula is C13H25N3. The van der Waals surface area contributed by atoms with E-state index in [2.05, 4.69) is 22.5 Å². The van der Waals surface area contributed by atoms with Crippen molar-refractivity contribution in [2.24, 2.45) is 16.8 Å². The molecule has 0 aliphatic heterocycles. The summed E-state index contributed by atoms with van der Waals surface area (Å²) in [6.07, 6.45) is 8.21. The molecule has 0 aromatic carbocycles. The molecule has 0 bridgehead atoms. The Morgan fingerprint density at radius 3 is 2.69 bits per heavy atom. The largest absolute Gasteiger partial charge is 0.356 e. The second-order valence-electron chi connectivity index (χ2n) is 5.51. The van der Waals surface area contributed by atoms with Gasteiger partial charge in [0.25, 0.3) is 0 Å². The fraction of sp³-hybridized carbons (Fsp3) is 0.923. The van der Waals surface area contributed by atoms with E-state index in [0.29, 0.717) is 6.04 Å². The van der Waals surface area contributed by atoms with Crippen molar-refractivity contribution in [1.29, 1.82) is 0 Å². The molecule has 16 heavy (non-hydrogen) atoms. The molecule has 3 nitrogen and oxygen atoms in total. The molecule has 92 valence electrons. The highest BCUT2D eigenvalue weighted by molar-refractivity contribution is 5.80. The first-order valence-electron chi connectivity index (χ1n) is 6.75. The van der Waals surface area contributed by atoms with E-state index in [9.17, 15) is 0 Å². The fourth-order valence-corrected chi connectivity index (χ4v) is 2.60. The van der Waals surface area contributed by atoms with Crippen molar-refractivity contribution in [2.75, 3.05) is 13.6 Å². The monoisotopic (exact) mass is 223 g/mol. The summed E-state index contributed by atoms with van der Waals surface area (Å²) in [7, 11) is 1.86. The number of nitrogens with zero attached hydrogens (tertiary/aromatic N) is 1. The maximum Gasteiger partial charge on any atom is 0.191 e. The summed E-state index contributed by atoms with van der Waals surface area (Å²) in [5.41, 5.74) is 0. The van der Waals surface area contributed by atoms with Crippen LogP contribution in [0.4, 0.5) is 0 Å². The zero-order chi connectivity index (χ0) is 11.4. The van der Waals surface area contributed by atoms with Crippen molar-refractivity contribution in [3.63, 3.8) is 0 Å². The topological polar surface area (TPSA) is 36.4 Å². The van der Waals surface area contributed by atoms with Crippen molar-refractivity contribution in [3.05, 3.63) is 0 Å². The van der Waals surface area contributed by atoms with Crippen molar-refractivity contribution < 1.29 is 0 Å². The van der Waals surface area contributed by atoms with Crippen LogP contribution in [0.25, 0.3) is 0 Å². The van der Waals surface area contributed by atoms with E-state index >= 15 is 0 Å². The van der Waals surface area contributed by atoms with Crippen molar-refractivity contribution in [1.82, 2.24) is 10.6 Å². The van der Waals surface area contributed by atoms with Gasteiger partial charge in [0.05, 0.1) is 0 Å². The van der Waals surface area contributed by atoms with Crippen LogP contribution in [-0.2, 0) is 0 Å². The van der Waals surface area contributed by atoms with Crippen molar-refractivity contribution in [2.45, 2.75) is 51.5 Å². The fourth-order valence-electron chi connectivity index (χ4n) is 2.60. The third-order valence-electron chi connectivity index (χ3n) is 3.74. The maximum atomic E-state index is 4.27. The number of hydrogen-bond acceptors (Lipinski definition) is 1. The van der Waals surface area contributed by atoms with E-state index in [4.69, 9.17) is 0 Å². The van der Waals surface area contributed by atoms with Gasteiger partial charge in [0.1, 0.15) is 0 Å². The highest BCUT2D eigenvalue weighted by atomic mass is 15.2. The Morgan fingerprint density at radius 1 is 1.25 bits per heavy atom. The lowest BCUT2D eigenvalue weighted by Crippen LogP contribution is -2.41. The first-order chi connectivity index (χ1) is 7.78. The molecule has 2 aliphatic rings. The minimum absolute atomic E-state index is 0.691. The van der Waals surface area contributed by atoms with Crippen LogP contribution in [0.1, 0.15) is 45.4 Å². The molecule has 2 fully saturated rings. The Labute approximate surface area is 99.1 Å².